The molecule has 3 rings (SSSR count). The van der Waals surface area contributed by atoms with Crippen LogP contribution in [0.25, 0.3) is 10.9 Å². The molecule has 0 aliphatic carbocycles. The van der Waals surface area contributed by atoms with E-state index in [4.69, 9.17) is 4.74 Å². The first kappa shape index (κ1) is 18.9. The number of carbonyl (C=O) groups excluding carboxylic acids is 1. The fraction of sp³-hybridized carbons (Fsp3) is 0.211. The van der Waals surface area contributed by atoms with Gasteiger partial charge in [0.15, 0.2) is 5.69 Å². The summed E-state index contributed by atoms with van der Waals surface area (Å²) in [4.78, 5) is 12.3. The molecule has 1 amide bonds. The SMILES string of the molecule is COc1ccc2c(c1)c(N=NC(=O)c1cc(Br)ccc1O)c(O)n2C(C)C. The van der Waals surface area contributed by atoms with E-state index in [0.717, 1.165) is 5.52 Å². The smallest absolute Gasteiger partial charge is 0.299 e. The molecule has 0 saturated heterocycles. The van der Waals surface area contributed by atoms with Gasteiger partial charge in [-0.2, -0.15) is 0 Å². The molecule has 0 saturated carbocycles. The predicted octanol–water partition coefficient (Wildman–Crippen LogP) is 5.33. The summed E-state index contributed by atoms with van der Waals surface area (Å²) < 4.78 is 7.57. The quantitative estimate of drug-likeness (QED) is 0.545. The molecule has 27 heavy (non-hydrogen) atoms. The zero-order chi connectivity index (χ0) is 19.7. The van der Waals surface area contributed by atoms with Gasteiger partial charge in [0.1, 0.15) is 11.5 Å². The van der Waals surface area contributed by atoms with Crippen LogP contribution in [0.1, 0.15) is 30.2 Å². The van der Waals surface area contributed by atoms with Crippen LogP contribution < -0.4 is 4.74 Å². The number of aromatic hydroxyl groups is 2. The molecule has 0 spiro atoms. The number of fused-ring (bicyclic) bond motifs is 1. The number of hydrogen-bond donors (Lipinski definition) is 2. The number of halogens is 1. The van der Waals surface area contributed by atoms with Gasteiger partial charge in [-0.25, -0.2) is 0 Å². The number of rotatable bonds is 4. The van der Waals surface area contributed by atoms with Gasteiger partial charge in [0.2, 0.25) is 5.88 Å². The third kappa shape index (κ3) is 3.52. The topological polar surface area (TPSA) is 96.4 Å². The van der Waals surface area contributed by atoms with Crippen LogP contribution in [0.3, 0.4) is 0 Å². The number of azo groups is 1. The number of nitrogens with zero attached hydrogens (tertiary/aromatic N) is 3. The van der Waals surface area contributed by atoms with Crippen molar-refractivity contribution in [1.82, 2.24) is 4.57 Å². The lowest BCUT2D eigenvalue weighted by Crippen LogP contribution is -1.99. The molecule has 140 valence electrons. The van der Waals surface area contributed by atoms with Gasteiger partial charge in [-0.05, 0) is 50.2 Å². The Bertz CT molecular complexity index is 1060. The Morgan fingerprint density at radius 1 is 1.19 bits per heavy atom. The van der Waals surface area contributed by atoms with Crippen LogP contribution in [-0.2, 0) is 0 Å². The molecule has 2 aromatic carbocycles. The standard InChI is InChI=1S/C19H18BrN3O4/c1-10(2)23-15-6-5-12(27-3)9-13(15)17(19(23)26)21-22-18(25)14-8-11(20)4-7-16(14)24/h4-10,24,26H,1-3H3. The number of aromatic nitrogens is 1. The molecule has 0 aliphatic heterocycles. The van der Waals surface area contributed by atoms with Crippen LogP contribution in [0, 0.1) is 0 Å². The normalized spacial score (nSPS) is 11.6. The molecular weight excluding hydrogens is 414 g/mol. The zero-order valence-corrected chi connectivity index (χ0v) is 16.6. The summed E-state index contributed by atoms with van der Waals surface area (Å²) in [5.74, 6) is -0.418. The highest BCUT2D eigenvalue weighted by molar-refractivity contribution is 9.10. The van der Waals surface area contributed by atoms with E-state index >= 15 is 0 Å². The minimum Gasteiger partial charge on any atom is -0.507 e. The van der Waals surface area contributed by atoms with Crippen molar-refractivity contribution in [2.24, 2.45) is 10.2 Å². The van der Waals surface area contributed by atoms with Crippen LogP contribution in [-0.4, -0.2) is 27.8 Å². The number of ether oxygens (including phenoxy) is 1. The fourth-order valence-electron chi connectivity index (χ4n) is 2.84. The molecule has 3 aromatic rings. The van der Waals surface area contributed by atoms with E-state index in [9.17, 15) is 15.0 Å². The molecule has 0 fully saturated rings. The molecule has 0 bridgehead atoms. The van der Waals surface area contributed by atoms with Crippen LogP contribution in [0.4, 0.5) is 5.69 Å². The lowest BCUT2D eigenvalue weighted by molar-refractivity contribution is 0.0992. The Hall–Kier alpha value is -2.87. The minimum atomic E-state index is -0.721. The summed E-state index contributed by atoms with van der Waals surface area (Å²) in [6.45, 7) is 3.85. The first-order valence-corrected chi connectivity index (χ1v) is 8.98. The van der Waals surface area contributed by atoms with Crippen LogP contribution >= 0.6 is 15.9 Å². The lowest BCUT2D eigenvalue weighted by Gasteiger charge is -2.10. The highest BCUT2D eigenvalue weighted by atomic mass is 79.9. The van der Waals surface area contributed by atoms with Gasteiger partial charge in [-0.3, -0.25) is 4.79 Å². The van der Waals surface area contributed by atoms with Gasteiger partial charge in [0.25, 0.3) is 5.91 Å². The Kier molecular flexibility index (Phi) is 5.18. The molecule has 0 radical (unpaired) electrons. The van der Waals surface area contributed by atoms with Crippen molar-refractivity contribution in [1.29, 1.82) is 0 Å². The van der Waals surface area contributed by atoms with Gasteiger partial charge in [0.05, 0.1) is 18.2 Å². The van der Waals surface area contributed by atoms with E-state index in [1.54, 1.807) is 29.9 Å². The van der Waals surface area contributed by atoms with E-state index in [1.165, 1.54) is 12.1 Å². The Labute approximate surface area is 164 Å². The van der Waals surface area contributed by atoms with Crippen LogP contribution in [0.15, 0.2) is 51.1 Å². The third-order valence-electron chi connectivity index (χ3n) is 4.10. The Morgan fingerprint density at radius 2 is 1.93 bits per heavy atom. The highest BCUT2D eigenvalue weighted by Crippen LogP contribution is 2.42. The monoisotopic (exact) mass is 431 g/mol. The number of carbonyl (C=O) groups is 1. The fourth-order valence-corrected chi connectivity index (χ4v) is 3.20. The number of methoxy groups -OCH3 is 1. The lowest BCUT2D eigenvalue weighted by atomic mass is 10.2. The van der Waals surface area contributed by atoms with Crippen molar-refractivity contribution in [3.63, 3.8) is 0 Å². The Morgan fingerprint density at radius 3 is 2.59 bits per heavy atom. The molecule has 8 heteroatoms. The van der Waals surface area contributed by atoms with E-state index in [-0.39, 0.29) is 28.9 Å². The summed E-state index contributed by atoms with van der Waals surface area (Å²) in [5.41, 5.74) is 0.924. The molecule has 1 aromatic heterocycles. The molecule has 0 aliphatic rings. The number of phenolic OH excluding ortho intramolecular Hbond substituents is 1. The molecular formula is C19H18BrN3O4. The van der Waals surface area contributed by atoms with Crippen LogP contribution in [0.5, 0.6) is 17.4 Å². The summed E-state index contributed by atoms with van der Waals surface area (Å²) in [5, 5.41) is 28.8. The maximum absolute atomic E-state index is 12.3. The highest BCUT2D eigenvalue weighted by Gasteiger charge is 2.20. The molecule has 7 nitrogen and oxygen atoms in total. The second-order valence-electron chi connectivity index (χ2n) is 6.19. The number of amides is 1. The Balaban J connectivity index is 2.10. The second kappa shape index (κ2) is 7.40. The molecule has 1 heterocycles. The second-order valence-corrected chi connectivity index (χ2v) is 7.10. The van der Waals surface area contributed by atoms with Gasteiger partial charge in [-0.15, -0.1) is 10.2 Å². The summed E-state index contributed by atoms with van der Waals surface area (Å²) in [6.07, 6.45) is 0. The van der Waals surface area contributed by atoms with E-state index in [2.05, 4.69) is 26.2 Å². The van der Waals surface area contributed by atoms with Crippen molar-refractivity contribution < 1.29 is 19.7 Å². The van der Waals surface area contributed by atoms with E-state index < -0.39 is 5.91 Å². The third-order valence-corrected chi connectivity index (χ3v) is 4.60. The van der Waals surface area contributed by atoms with Crippen molar-refractivity contribution in [3.8, 4) is 17.4 Å². The zero-order valence-electron chi connectivity index (χ0n) is 15.0. The first-order valence-electron chi connectivity index (χ1n) is 8.19. The van der Waals surface area contributed by atoms with Crippen molar-refractivity contribution >= 4 is 38.4 Å². The molecule has 2 N–H and O–H groups in total. The molecule has 0 atom stereocenters. The number of phenols is 1. The van der Waals surface area contributed by atoms with Gasteiger partial charge in [0, 0.05) is 15.9 Å². The first-order chi connectivity index (χ1) is 12.8. The number of hydrogen-bond acceptors (Lipinski definition) is 5. The summed E-state index contributed by atoms with van der Waals surface area (Å²) in [6, 6.07) is 9.74. The average molecular weight is 432 g/mol. The van der Waals surface area contributed by atoms with E-state index in [1.807, 2.05) is 19.9 Å². The van der Waals surface area contributed by atoms with E-state index in [0.29, 0.717) is 15.6 Å². The minimum absolute atomic E-state index is 0.0118. The maximum Gasteiger partial charge on any atom is 0.299 e. The number of benzene rings is 2. The largest absolute Gasteiger partial charge is 0.507 e. The van der Waals surface area contributed by atoms with Crippen molar-refractivity contribution in [3.05, 3.63) is 46.4 Å². The van der Waals surface area contributed by atoms with Gasteiger partial charge >= 0.3 is 0 Å². The van der Waals surface area contributed by atoms with Gasteiger partial charge in [-0.1, -0.05) is 15.9 Å². The predicted molar refractivity (Wildman–Crippen MR) is 105 cm³/mol. The molecule has 0 unspecified atom stereocenters. The summed E-state index contributed by atoms with van der Waals surface area (Å²) in [7, 11) is 1.54. The van der Waals surface area contributed by atoms with Crippen molar-refractivity contribution in [2.75, 3.05) is 7.11 Å². The van der Waals surface area contributed by atoms with Gasteiger partial charge < -0.3 is 19.5 Å². The summed E-state index contributed by atoms with van der Waals surface area (Å²) >= 11 is 3.25. The van der Waals surface area contributed by atoms with Crippen LogP contribution in [0.2, 0.25) is 0 Å². The average Bonchev–Trinajstić information content (AvgIpc) is 2.92. The maximum atomic E-state index is 12.3. The van der Waals surface area contributed by atoms with Crippen molar-refractivity contribution in [2.45, 2.75) is 19.9 Å².